The average molecular weight is 484 g/mol. The summed E-state index contributed by atoms with van der Waals surface area (Å²) in [6, 6.07) is 10.1. The van der Waals surface area contributed by atoms with E-state index in [1.54, 1.807) is 56.0 Å². The van der Waals surface area contributed by atoms with E-state index in [0.717, 1.165) is 16.6 Å². The first-order valence-electron chi connectivity index (χ1n) is 11.7. The molecule has 0 bridgehead atoms. The molecule has 2 heterocycles. The molecule has 1 fully saturated rings. The van der Waals surface area contributed by atoms with Gasteiger partial charge in [0, 0.05) is 36.9 Å². The number of carbonyl (C=O) groups is 2. The number of phenols is 1. The number of halogens is 1. The number of aromatic hydroxyl groups is 1. The van der Waals surface area contributed by atoms with Gasteiger partial charge < -0.3 is 24.6 Å². The molecule has 8 nitrogen and oxygen atoms in total. The third kappa shape index (κ3) is 6.09. The molecule has 1 aromatic heterocycles. The second-order valence-corrected chi connectivity index (χ2v) is 9.88. The lowest BCUT2D eigenvalue weighted by Crippen LogP contribution is -2.52. The standard InChI is InChI=1S/C26H30FN3O5/c1-26(2,3)34-25(33)28-21(14-16-4-7-19(31)8-5-16)24(32)30-12-10-17(11-13-30)23-20-9-6-18(27)15-22(20)35-29-23/h4-9,15,17,21,31H,10-14H2,1-3H3,(H,28,33)/t21-/m0/s1. The Balaban J connectivity index is 1.45. The largest absolute Gasteiger partial charge is 0.508 e. The molecule has 35 heavy (non-hydrogen) atoms. The van der Waals surface area contributed by atoms with E-state index in [9.17, 15) is 19.1 Å². The molecule has 1 aliphatic heterocycles. The van der Waals surface area contributed by atoms with E-state index in [-0.39, 0.29) is 29.8 Å². The molecular weight excluding hydrogens is 453 g/mol. The number of aromatic nitrogens is 1. The van der Waals surface area contributed by atoms with Crippen LogP contribution in [0.3, 0.4) is 0 Å². The van der Waals surface area contributed by atoms with Crippen molar-refractivity contribution in [3.05, 3.63) is 59.5 Å². The van der Waals surface area contributed by atoms with Crippen molar-refractivity contribution in [3.63, 3.8) is 0 Å². The summed E-state index contributed by atoms with van der Waals surface area (Å²) in [5.74, 6) is -0.366. The number of rotatable bonds is 5. The van der Waals surface area contributed by atoms with Gasteiger partial charge in [-0.1, -0.05) is 17.3 Å². The summed E-state index contributed by atoms with van der Waals surface area (Å²) < 4.78 is 24.2. The van der Waals surface area contributed by atoms with Gasteiger partial charge in [-0.25, -0.2) is 9.18 Å². The van der Waals surface area contributed by atoms with Crippen molar-refractivity contribution in [2.24, 2.45) is 0 Å². The first-order chi connectivity index (χ1) is 16.6. The lowest BCUT2D eigenvalue weighted by molar-refractivity contribution is -0.134. The fourth-order valence-electron chi connectivity index (χ4n) is 4.34. The Morgan fingerprint density at radius 1 is 1.20 bits per heavy atom. The number of benzene rings is 2. The number of hydrogen-bond donors (Lipinski definition) is 2. The van der Waals surface area contributed by atoms with Crippen LogP contribution in [-0.2, 0) is 16.0 Å². The van der Waals surface area contributed by atoms with E-state index in [0.29, 0.717) is 31.5 Å². The molecule has 4 rings (SSSR count). The minimum absolute atomic E-state index is 0.0834. The van der Waals surface area contributed by atoms with Crippen LogP contribution in [-0.4, -0.2) is 51.9 Å². The summed E-state index contributed by atoms with van der Waals surface area (Å²) in [6.45, 7) is 6.25. The summed E-state index contributed by atoms with van der Waals surface area (Å²) in [7, 11) is 0. The van der Waals surface area contributed by atoms with Gasteiger partial charge in [0.25, 0.3) is 0 Å². The van der Waals surface area contributed by atoms with Crippen LogP contribution in [0.15, 0.2) is 47.0 Å². The van der Waals surface area contributed by atoms with Crippen molar-refractivity contribution in [1.29, 1.82) is 0 Å². The van der Waals surface area contributed by atoms with Gasteiger partial charge >= 0.3 is 6.09 Å². The number of phenolic OH excluding ortho intramolecular Hbond substituents is 1. The van der Waals surface area contributed by atoms with Crippen LogP contribution in [0.2, 0.25) is 0 Å². The van der Waals surface area contributed by atoms with Gasteiger partial charge in [-0.3, -0.25) is 4.79 Å². The van der Waals surface area contributed by atoms with Gasteiger partial charge in [-0.05, 0) is 63.4 Å². The van der Waals surface area contributed by atoms with Gasteiger partial charge in [0.05, 0.1) is 5.69 Å². The average Bonchev–Trinajstić information content (AvgIpc) is 3.21. The van der Waals surface area contributed by atoms with Crippen LogP contribution in [0.4, 0.5) is 9.18 Å². The highest BCUT2D eigenvalue weighted by Gasteiger charge is 2.32. The molecule has 3 aromatic rings. The van der Waals surface area contributed by atoms with Crippen LogP contribution < -0.4 is 5.32 Å². The highest BCUT2D eigenvalue weighted by Crippen LogP contribution is 2.33. The van der Waals surface area contributed by atoms with Crippen molar-refractivity contribution in [3.8, 4) is 5.75 Å². The topological polar surface area (TPSA) is 105 Å². The Bertz CT molecular complexity index is 1190. The Kier molecular flexibility index (Phi) is 6.95. The molecule has 1 saturated heterocycles. The SMILES string of the molecule is CC(C)(C)OC(=O)N[C@@H](Cc1ccc(O)cc1)C(=O)N1CCC(c2noc3cc(F)ccc23)CC1. The third-order valence-corrected chi connectivity index (χ3v) is 6.02. The fourth-order valence-corrected chi connectivity index (χ4v) is 4.34. The zero-order valence-electron chi connectivity index (χ0n) is 20.1. The summed E-state index contributed by atoms with van der Waals surface area (Å²) in [5, 5.41) is 17.2. The van der Waals surface area contributed by atoms with Crippen LogP contribution >= 0.6 is 0 Å². The van der Waals surface area contributed by atoms with Crippen LogP contribution in [0, 0.1) is 5.82 Å². The zero-order chi connectivity index (χ0) is 25.2. The molecule has 1 aliphatic rings. The van der Waals surface area contributed by atoms with Crippen LogP contribution in [0.25, 0.3) is 11.0 Å². The minimum Gasteiger partial charge on any atom is -0.508 e. The van der Waals surface area contributed by atoms with Crippen molar-refractivity contribution in [2.75, 3.05) is 13.1 Å². The van der Waals surface area contributed by atoms with E-state index in [1.165, 1.54) is 12.1 Å². The Morgan fingerprint density at radius 3 is 2.54 bits per heavy atom. The second kappa shape index (κ2) is 9.93. The molecule has 0 saturated carbocycles. The summed E-state index contributed by atoms with van der Waals surface area (Å²) in [6.07, 6.45) is 0.940. The lowest BCUT2D eigenvalue weighted by atomic mass is 9.91. The quantitative estimate of drug-likeness (QED) is 0.553. The molecule has 2 aromatic carbocycles. The maximum atomic E-state index is 13.5. The fraction of sp³-hybridized carbons (Fsp3) is 0.423. The molecule has 9 heteroatoms. The number of alkyl carbamates (subject to hydrolysis) is 1. The van der Waals surface area contributed by atoms with Crippen LogP contribution in [0.5, 0.6) is 5.75 Å². The predicted molar refractivity (Wildman–Crippen MR) is 127 cm³/mol. The molecular formula is C26H30FN3O5. The Hall–Kier alpha value is -3.62. The molecule has 2 N–H and O–H groups in total. The van der Waals surface area contributed by atoms with Crippen molar-refractivity contribution >= 4 is 23.0 Å². The molecule has 0 spiro atoms. The molecule has 0 radical (unpaired) electrons. The van der Waals surface area contributed by atoms with Crippen molar-refractivity contribution in [2.45, 2.75) is 57.6 Å². The van der Waals surface area contributed by atoms with Gasteiger partial charge in [0.1, 0.15) is 23.2 Å². The van der Waals surface area contributed by atoms with Gasteiger partial charge in [0.2, 0.25) is 5.91 Å². The number of amides is 2. The Morgan fingerprint density at radius 2 is 1.89 bits per heavy atom. The molecule has 0 unspecified atom stereocenters. The number of ether oxygens (including phenoxy) is 1. The number of carbonyl (C=O) groups excluding carboxylic acids is 2. The summed E-state index contributed by atoms with van der Waals surface area (Å²) >= 11 is 0. The van der Waals surface area contributed by atoms with E-state index in [4.69, 9.17) is 9.26 Å². The lowest BCUT2D eigenvalue weighted by Gasteiger charge is -2.34. The van der Waals surface area contributed by atoms with Gasteiger partial charge in [-0.2, -0.15) is 0 Å². The molecule has 2 amide bonds. The van der Waals surface area contributed by atoms with Gasteiger partial charge in [-0.15, -0.1) is 0 Å². The van der Waals surface area contributed by atoms with Crippen molar-refractivity contribution < 1.29 is 28.3 Å². The van der Waals surface area contributed by atoms with E-state index < -0.39 is 17.7 Å². The monoisotopic (exact) mass is 483 g/mol. The maximum Gasteiger partial charge on any atom is 0.408 e. The number of nitrogens with one attached hydrogen (secondary N) is 1. The Labute approximate surface area is 203 Å². The highest BCUT2D eigenvalue weighted by atomic mass is 19.1. The number of piperidine rings is 1. The first kappa shape index (κ1) is 24.5. The number of hydrogen-bond acceptors (Lipinski definition) is 6. The molecule has 0 aliphatic carbocycles. The number of likely N-dealkylation sites (tertiary alicyclic amines) is 1. The molecule has 186 valence electrons. The van der Waals surface area contributed by atoms with Crippen molar-refractivity contribution in [1.82, 2.24) is 15.4 Å². The van der Waals surface area contributed by atoms with Crippen LogP contribution in [0.1, 0.15) is 50.8 Å². The summed E-state index contributed by atoms with van der Waals surface area (Å²) in [5.41, 5.74) is 1.29. The predicted octanol–water partition coefficient (Wildman–Crippen LogP) is 4.51. The first-order valence-corrected chi connectivity index (χ1v) is 11.7. The summed E-state index contributed by atoms with van der Waals surface area (Å²) in [4.78, 5) is 27.6. The van der Waals surface area contributed by atoms with E-state index in [1.807, 2.05) is 0 Å². The third-order valence-electron chi connectivity index (χ3n) is 6.02. The highest BCUT2D eigenvalue weighted by molar-refractivity contribution is 5.86. The normalized spacial score (nSPS) is 15.7. The number of nitrogens with zero attached hydrogens (tertiary/aromatic N) is 2. The van der Waals surface area contributed by atoms with E-state index >= 15 is 0 Å². The zero-order valence-corrected chi connectivity index (χ0v) is 20.1. The smallest absolute Gasteiger partial charge is 0.408 e. The minimum atomic E-state index is -0.818. The van der Waals surface area contributed by atoms with Gasteiger partial charge in [0.15, 0.2) is 5.58 Å². The maximum absolute atomic E-state index is 13.5. The molecule has 1 atom stereocenters. The van der Waals surface area contributed by atoms with E-state index in [2.05, 4.69) is 10.5 Å². The second-order valence-electron chi connectivity index (χ2n) is 9.88. The number of fused-ring (bicyclic) bond motifs is 1.